The molecule has 3 rings (SSSR count). The molecule has 1 heterocycles. The highest BCUT2D eigenvalue weighted by Crippen LogP contribution is 2.22. The van der Waals surface area contributed by atoms with Crippen LogP contribution >= 0.6 is 11.6 Å². The number of carbonyl (C=O) groups is 1. The van der Waals surface area contributed by atoms with E-state index >= 15 is 0 Å². The number of carbonyl (C=O) groups excluding carboxylic acids is 1. The number of hydrogen-bond acceptors (Lipinski definition) is 5. The molecule has 0 spiro atoms. The molecular formula is C21H20ClFN2O5S. The van der Waals surface area contributed by atoms with Crippen molar-refractivity contribution in [2.45, 2.75) is 20.0 Å². The van der Waals surface area contributed by atoms with Crippen molar-refractivity contribution in [1.82, 2.24) is 4.90 Å². The van der Waals surface area contributed by atoms with Crippen molar-refractivity contribution in [3.05, 3.63) is 83.0 Å². The van der Waals surface area contributed by atoms with Gasteiger partial charge in [0.25, 0.3) is 0 Å². The third-order valence-electron chi connectivity index (χ3n) is 4.23. The van der Waals surface area contributed by atoms with E-state index in [-0.39, 0.29) is 29.6 Å². The zero-order valence-electron chi connectivity index (χ0n) is 16.5. The first-order valence-electron chi connectivity index (χ1n) is 9.30. The Hall–Kier alpha value is -3.04. The zero-order valence-corrected chi connectivity index (χ0v) is 18.1. The van der Waals surface area contributed by atoms with E-state index in [9.17, 15) is 17.6 Å². The maximum absolute atomic E-state index is 13.4. The van der Waals surface area contributed by atoms with Crippen molar-refractivity contribution in [3.8, 4) is 5.75 Å². The topological polar surface area (TPSA) is 88.9 Å². The maximum atomic E-state index is 13.4. The van der Waals surface area contributed by atoms with Crippen LogP contribution < -0.4 is 9.50 Å². The minimum absolute atomic E-state index is 0.114. The standard InChI is InChI=1S/C21H20ClFN2O5S/c1-2-31(27,28)30-17-6-3-5-15(11-17)13-25(14-18-7-4-10-29-18)21(26)24-16-8-9-20(23)19(22)12-16/h3-12H,2,13-14H2,1H3,(H,24,26). The summed E-state index contributed by atoms with van der Waals surface area (Å²) in [6.07, 6.45) is 1.50. The lowest BCUT2D eigenvalue weighted by Gasteiger charge is -2.22. The van der Waals surface area contributed by atoms with Gasteiger partial charge < -0.3 is 18.8 Å². The van der Waals surface area contributed by atoms with Crippen LogP contribution in [0.1, 0.15) is 18.2 Å². The molecule has 10 heteroatoms. The van der Waals surface area contributed by atoms with Crippen molar-refractivity contribution in [1.29, 1.82) is 0 Å². The van der Waals surface area contributed by atoms with Gasteiger partial charge in [-0.2, -0.15) is 8.42 Å². The molecule has 0 atom stereocenters. The Morgan fingerprint density at radius 3 is 2.65 bits per heavy atom. The fraction of sp³-hybridized carbons (Fsp3) is 0.190. The Morgan fingerprint density at radius 1 is 1.16 bits per heavy atom. The summed E-state index contributed by atoms with van der Waals surface area (Å²) in [5, 5.41) is 2.56. The second-order valence-corrected chi connectivity index (χ2v) is 8.84. The van der Waals surface area contributed by atoms with E-state index in [2.05, 4.69) is 5.32 Å². The lowest BCUT2D eigenvalue weighted by atomic mass is 10.2. The van der Waals surface area contributed by atoms with Crippen LogP contribution in [0.15, 0.2) is 65.3 Å². The summed E-state index contributed by atoms with van der Waals surface area (Å²) in [5.74, 6) is -0.0490. The molecule has 0 aliphatic rings. The molecular weight excluding hydrogens is 447 g/mol. The molecule has 0 fully saturated rings. The average Bonchev–Trinajstić information content (AvgIpc) is 3.23. The number of furan rings is 1. The highest BCUT2D eigenvalue weighted by Gasteiger charge is 2.18. The van der Waals surface area contributed by atoms with Crippen LogP contribution in [0.5, 0.6) is 5.75 Å². The van der Waals surface area contributed by atoms with E-state index < -0.39 is 22.0 Å². The zero-order chi connectivity index (χ0) is 22.4. The number of amides is 2. The molecule has 31 heavy (non-hydrogen) atoms. The minimum atomic E-state index is -3.67. The lowest BCUT2D eigenvalue weighted by molar-refractivity contribution is 0.201. The number of anilines is 1. The first kappa shape index (κ1) is 22.6. The number of urea groups is 1. The van der Waals surface area contributed by atoms with Crippen LogP contribution in [0.2, 0.25) is 5.02 Å². The van der Waals surface area contributed by atoms with Crippen LogP contribution in [0.3, 0.4) is 0 Å². The highest BCUT2D eigenvalue weighted by atomic mass is 35.5. The molecule has 0 aliphatic carbocycles. The predicted octanol–water partition coefficient (Wildman–Crippen LogP) is 5.03. The molecule has 3 aromatic rings. The Balaban J connectivity index is 1.80. The molecule has 1 N–H and O–H groups in total. The van der Waals surface area contributed by atoms with Crippen LogP contribution in [0.4, 0.5) is 14.9 Å². The number of halogens is 2. The first-order chi connectivity index (χ1) is 14.8. The monoisotopic (exact) mass is 466 g/mol. The third-order valence-corrected chi connectivity index (χ3v) is 5.68. The molecule has 7 nitrogen and oxygen atoms in total. The minimum Gasteiger partial charge on any atom is -0.467 e. The van der Waals surface area contributed by atoms with Crippen LogP contribution in [-0.2, 0) is 23.2 Å². The first-order valence-corrected chi connectivity index (χ1v) is 11.3. The molecule has 0 aliphatic heterocycles. The summed E-state index contributed by atoms with van der Waals surface area (Å²) in [5.41, 5.74) is 0.967. The molecule has 0 saturated heterocycles. The maximum Gasteiger partial charge on any atom is 0.322 e. The van der Waals surface area contributed by atoms with Crippen molar-refractivity contribution in [2.75, 3.05) is 11.1 Å². The van der Waals surface area contributed by atoms with Crippen molar-refractivity contribution in [3.63, 3.8) is 0 Å². The van der Waals surface area contributed by atoms with Crippen molar-refractivity contribution >= 4 is 33.4 Å². The summed E-state index contributed by atoms with van der Waals surface area (Å²) in [6.45, 7) is 1.76. The summed E-state index contributed by atoms with van der Waals surface area (Å²) < 4.78 is 47.2. The summed E-state index contributed by atoms with van der Waals surface area (Å²) >= 11 is 5.79. The summed E-state index contributed by atoms with van der Waals surface area (Å²) in [6, 6.07) is 13.3. The van der Waals surface area contributed by atoms with Gasteiger partial charge in [0.15, 0.2) is 0 Å². The van der Waals surface area contributed by atoms with E-state index in [4.69, 9.17) is 20.2 Å². The van der Waals surface area contributed by atoms with Crippen LogP contribution in [0, 0.1) is 5.82 Å². The van der Waals surface area contributed by atoms with Crippen LogP contribution in [-0.4, -0.2) is 25.1 Å². The van der Waals surface area contributed by atoms with Crippen molar-refractivity contribution < 1.29 is 26.2 Å². The van der Waals surface area contributed by atoms with Crippen molar-refractivity contribution in [2.24, 2.45) is 0 Å². The third kappa shape index (κ3) is 6.47. The molecule has 0 bridgehead atoms. The van der Waals surface area contributed by atoms with Gasteiger partial charge in [-0.15, -0.1) is 0 Å². The second kappa shape index (κ2) is 9.84. The van der Waals surface area contributed by atoms with E-state index in [0.29, 0.717) is 17.0 Å². The van der Waals surface area contributed by atoms with Crippen LogP contribution in [0.25, 0.3) is 0 Å². The number of hydrogen-bond donors (Lipinski definition) is 1. The Labute approximate surface area is 184 Å². The van der Waals surface area contributed by atoms with E-state index in [1.807, 2.05) is 0 Å². The second-order valence-electron chi connectivity index (χ2n) is 6.57. The number of nitrogens with one attached hydrogen (secondary N) is 1. The van der Waals surface area contributed by atoms with E-state index in [1.54, 1.807) is 30.3 Å². The van der Waals surface area contributed by atoms with Gasteiger partial charge in [0.1, 0.15) is 17.3 Å². The Morgan fingerprint density at radius 2 is 1.97 bits per heavy atom. The molecule has 2 aromatic carbocycles. The van der Waals surface area contributed by atoms with E-state index in [0.717, 1.165) is 6.07 Å². The molecule has 2 amide bonds. The molecule has 0 unspecified atom stereocenters. The summed E-state index contributed by atoms with van der Waals surface area (Å²) in [4.78, 5) is 14.4. The Bertz CT molecular complexity index is 1150. The average molecular weight is 467 g/mol. The fourth-order valence-electron chi connectivity index (χ4n) is 2.69. The van der Waals surface area contributed by atoms with Gasteiger partial charge in [-0.25, -0.2) is 9.18 Å². The SMILES string of the molecule is CCS(=O)(=O)Oc1cccc(CN(Cc2ccco2)C(=O)Nc2ccc(F)c(Cl)c2)c1. The smallest absolute Gasteiger partial charge is 0.322 e. The quantitative estimate of drug-likeness (QED) is 0.470. The largest absolute Gasteiger partial charge is 0.467 e. The molecule has 164 valence electrons. The van der Waals surface area contributed by atoms with Gasteiger partial charge in [-0.1, -0.05) is 23.7 Å². The molecule has 0 radical (unpaired) electrons. The normalized spacial score (nSPS) is 11.2. The number of nitrogens with zero attached hydrogens (tertiary/aromatic N) is 1. The highest BCUT2D eigenvalue weighted by molar-refractivity contribution is 7.87. The van der Waals surface area contributed by atoms with E-state index in [1.165, 1.54) is 36.3 Å². The van der Waals surface area contributed by atoms with Gasteiger partial charge in [-0.3, -0.25) is 0 Å². The van der Waals surface area contributed by atoms with Gasteiger partial charge in [-0.05, 0) is 55.0 Å². The van der Waals surface area contributed by atoms with Gasteiger partial charge in [0, 0.05) is 12.2 Å². The predicted molar refractivity (Wildman–Crippen MR) is 115 cm³/mol. The van der Waals surface area contributed by atoms with Gasteiger partial charge in [0.05, 0.1) is 23.6 Å². The Kier molecular flexibility index (Phi) is 7.19. The number of benzene rings is 2. The summed E-state index contributed by atoms with van der Waals surface area (Å²) in [7, 11) is -3.67. The molecule has 0 saturated carbocycles. The lowest BCUT2D eigenvalue weighted by Crippen LogP contribution is -2.34. The van der Waals surface area contributed by atoms with Gasteiger partial charge in [0.2, 0.25) is 0 Å². The number of rotatable bonds is 8. The molecule has 1 aromatic heterocycles. The fourth-order valence-corrected chi connectivity index (χ4v) is 3.38. The van der Waals surface area contributed by atoms with Gasteiger partial charge >= 0.3 is 16.1 Å².